The quantitative estimate of drug-likeness (QED) is 0.481. The molecule has 2 heterocycles. The Hall–Kier alpha value is -2.44. The Morgan fingerprint density at radius 2 is 2.04 bits per heavy atom. The zero-order chi connectivity index (χ0) is 16.8. The van der Waals surface area contributed by atoms with Crippen LogP contribution in [0.1, 0.15) is 4.88 Å². The highest BCUT2D eigenvalue weighted by molar-refractivity contribution is 7.11. The molecule has 0 aliphatic heterocycles. The second-order valence-electron chi connectivity index (χ2n) is 4.83. The fourth-order valence-corrected chi connectivity index (χ4v) is 3.53. The first-order valence-electron chi connectivity index (χ1n) is 7.36. The summed E-state index contributed by atoms with van der Waals surface area (Å²) in [6.45, 7) is 4.29. The van der Waals surface area contributed by atoms with Crippen molar-refractivity contribution in [2.24, 2.45) is 10.1 Å². The molecular formula is C18H17N3OS2. The first-order valence-corrected chi connectivity index (χ1v) is 9.12. The third-order valence-electron chi connectivity index (χ3n) is 3.27. The molecule has 0 aliphatic rings. The first kappa shape index (κ1) is 16.4. The van der Waals surface area contributed by atoms with Crippen molar-refractivity contribution in [1.82, 2.24) is 4.68 Å². The number of thiophene rings is 1. The molecule has 0 saturated carbocycles. The van der Waals surface area contributed by atoms with Crippen LogP contribution in [0.4, 0.5) is 0 Å². The Labute approximate surface area is 148 Å². The van der Waals surface area contributed by atoms with Crippen molar-refractivity contribution >= 4 is 28.9 Å². The molecule has 2 aromatic heterocycles. The van der Waals surface area contributed by atoms with Crippen molar-refractivity contribution in [3.8, 4) is 17.0 Å². The molecule has 1 aromatic carbocycles. The lowest BCUT2D eigenvalue weighted by molar-refractivity contribution is 0.415. The van der Waals surface area contributed by atoms with Crippen molar-refractivity contribution < 1.29 is 4.74 Å². The summed E-state index contributed by atoms with van der Waals surface area (Å²) < 4.78 is 7.10. The van der Waals surface area contributed by atoms with E-state index in [1.165, 1.54) is 0 Å². The molecule has 0 unspecified atom stereocenters. The molecule has 0 fully saturated rings. The second-order valence-corrected chi connectivity index (χ2v) is 6.65. The van der Waals surface area contributed by atoms with Crippen molar-refractivity contribution in [1.29, 1.82) is 0 Å². The molecule has 0 saturated heterocycles. The van der Waals surface area contributed by atoms with E-state index in [-0.39, 0.29) is 0 Å². The van der Waals surface area contributed by atoms with Crippen LogP contribution >= 0.6 is 22.7 Å². The maximum atomic E-state index is 5.23. The summed E-state index contributed by atoms with van der Waals surface area (Å²) in [4.78, 5) is 6.48. The molecule has 0 aliphatic carbocycles. The van der Waals surface area contributed by atoms with Gasteiger partial charge >= 0.3 is 0 Å². The number of hydrogen-bond donors (Lipinski definition) is 0. The average molecular weight is 355 g/mol. The Balaban J connectivity index is 2.04. The van der Waals surface area contributed by atoms with E-state index in [0.717, 1.165) is 26.7 Å². The molecule has 122 valence electrons. The van der Waals surface area contributed by atoms with Gasteiger partial charge in [0.1, 0.15) is 5.75 Å². The number of hydrogen-bond acceptors (Lipinski definition) is 5. The monoisotopic (exact) mass is 355 g/mol. The Bertz CT molecular complexity index is 887. The molecule has 0 N–H and O–H groups in total. The standard InChI is InChI=1S/C18H17N3OS2/c1-3-10-19-18-21(20-12-16-5-4-11-23-16)17(13-24-18)14-6-8-15(22-2)9-7-14/h3-9,11-13H,1,10H2,2H3. The van der Waals surface area contributed by atoms with Crippen LogP contribution in [-0.4, -0.2) is 24.5 Å². The minimum absolute atomic E-state index is 0.567. The molecule has 0 amide bonds. The predicted molar refractivity (Wildman–Crippen MR) is 102 cm³/mol. The minimum atomic E-state index is 0.567. The highest BCUT2D eigenvalue weighted by Gasteiger charge is 2.07. The van der Waals surface area contributed by atoms with Gasteiger partial charge in [-0.15, -0.1) is 29.3 Å². The minimum Gasteiger partial charge on any atom is -0.497 e. The van der Waals surface area contributed by atoms with Crippen molar-refractivity contribution in [3.63, 3.8) is 0 Å². The van der Waals surface area contributed by atoms with E-state index < -0.39 is 0 Å². The highest BCUT2D eigenvalue weighted by atomic mass is 32.1. The van der Waals surface area contributed by atoms with Gasteiger partial charge in [-0.3, -0.25) is 4.99 Å². The second kappa shape index (κ2) is 7.90. The molecule has 0 bridgehead atoms. The Morgan fingerprint density at radius 3 is 2.71 bits per heavy atom. The number of rotatable bonds is 6. The zero-order valence-electron chi connectivity index (χ0n) is 13.3. The van der Waals surface area contributed by atoms with Gasteiger partial charge in [-0.25, -0.2) is 4.68 Å². The van der Waals surface area contributed by atoms with Crippen molar-refractivity contribution in [2.75, 3.05) is 13.7 Å². The Kier molecular flexibility index (Phi) is 5.40. The molecule has 24 heavy (non-hydrogen) atoms. The molecule has 3 rings (SSSR count). The maximum Gasteiger partial charge on any atom is 0.206 e. The van der Waals surface area contributed by atoms with Gasteiger partial charge in [0, 0.05) is 15.8 Å². The fraction of sp³-hybridized carbons (Fsp3) is 0.111. The topological polar surface area (TPSA) is 38.9 Å². The smallest absolute Gasteiger partial charge is 0.206 e. The SMILES string of the molecule is C=CCN=c1scc(-c2ccc(OC)cc2)n1N=Cc1cccs1. The van der Waals surface area contributed by atoms with Crippen molar-refractivity contribution in [2.45, 2.75) is 0 Å². The van der Waals surface area contributed by atoms with Gasteiger partial charge in [-0.1, -0.05) is 12.1 Å². The molecule has 0 atom stereocenters. The molecule has 3 aromatic rings. The molecule has 6 heteroatoms. The predicted octanol–water partition coefficient (Wildman–Crippen LogP) is 4.26. The van der Waals surface area contributed by atoms with Gasteiger partial charge in [-0.2, -0.15) is 5.10 Å². The molecule has 0 spiro atoms. The summed E-state index contributed by atoms with van der Waals surface area (Å²) in [5.41, 5.74) is 2.06. The summed E-state index contributed by atoms with van der Waals surface area (Å²) in [6.07, 6.45) is 3.64. The van der Waals surface area contributed by atoms with E-state index in [1.807, 2.05) is 52.7 Å². The van der Waals surface area contributed by atoms with Crippen LogP contribution in [0.5, 0.6) is 5.75 Å². The fourth-order valence-electron chi connectivity index (χ4n) is 2.10. The van der Waals surface area contributed by atoms with E-state index in [4.69, 9.17) is 4.74 Å². The van der Waals surface area contributed by atoms with Crippen LogP contribution in [0.2, 0.25) is 0 Å². The lowest BCUT2D eigenvalue weighted by atomic mass is 10.2. The van der Waals surface area contributed by atoms with Gasteiger partial charge in [0.05, 0.1) is 25.6 Å². The molecule has 0 radical (unpaired) electrons. The first-order chi connectivity index (χ1) is 11.8. The van der Waals surface area contributed by atoms with Crippen LogP contribution in [0.25, 0.3) is 11.3 Å². The van der Waals surface area contributed by atoms with Gasteiger partial charge in [0.25, 0.3) is 0 Å². The van der Waals surface area contributed by atoms with E-state index >= 15 is 0 Å². The van der Waals surface area contributed by atoms with Crippen LogP contribution < -0.4 is 9.54 Å². The maximum absolute atomic E-state index is 5.23. The van der Waals surface area contributed by atoms with Crippen LogP contribution in [0, 0.1) is 0 Å². The van der Waals surface area contributed by atoms with Crippen LogP contribution in [0.15, 0.2) is 69.9 Å². The number of thiazole rings is 1. The highest BCUT2D eigenvalue weighted by Crippen LogP contribution is 2.23. The normalized spacial score (nSPS) is 12.0. The van der Waals surface area contributed by atoms with Gasteiger partial charge < -0.3 is 4.74 Å². The lowest BCUT2D eigenvalue weighted by Gasteiger charge is -2.04. The number of ether oxygens (including phenoxy) is 1. The number of aromatic nitrogens is 1. The van der Waals surface area contributed by atoms with Gasteiger partial charge in [0.15, 0.2) is 0 Å². The van der Waals surface area contributed by atoms with E-state index in [9.17, 15) is 0 Å². The van der Waals surface area contributed by atoms with Gasteiger partial charge in [0.2, 0.25) is 4.80 Å². The van der Waals surface area contributed by atoms with Gasteiger partial charge in [-0.05, 0) is 35.7 Å². The van der Waals surface area contributed by atoms with Crippen LogP contribution in [-0.2, 0) is 0 Å². The average Bonchev–Trinajstić information content (AvgIpc) is 3.27. The molecule has 4 nitrogen and oxygen atoms in total. The van der Waals surface area contributed by atoms with Crippen LogP contribution in [0.3, 0.4) is 0 Å². The van der Waals surface area contributed by atoms with Crippen molar-refractivity contribution in [3.05, 3.63) is 69.5 Å². The summed E-state index contributed by atoms with van der Waals surface area (Å²) in [5.74, 6) is 0.833. The third kappa shape index (κ3) is 3.72. The number of nitrogens with zero attached hydrogens (tertiary/aromatic N) is 3. The largest absolute Gasteiger partial charge is 0.497 e. The summed E-state index contributed by atoms with van der Waals surface area (Å²) in [6, 6.07) is 12.0. The number of benzene rings is 1. The van der Waals surface area contributed by atoms with E-state index in [2.05, 4.69) is 22.1 Å². The van der Waals surface area contributed by atoms with E-state index in [1.54, 1.807) is 35.9 Å². The summed E-state index contributed by atoms with van der Waals surface area (Å²) in [5, 5.41) is 8.73. The Morgan fingerprint density at radius 1 is 1.21 bits per heavy atom. The number of methoxy groups -OCH3 is 1. The summed E-state index contributed by atoms with van der Waals surface area (Å²) >= 11 is 3.22. The van der Waals surface area contributed by atoms with E-state index in [0.29, 0.717) is 6.54 Å². The third-order valence-corrected chi connectivity index (χ3v) is 4.93. The lowest BCUT2D eigenvalue weighted by Crippen LogP contribution is -2.12. The summed E-state index contributed by atoms with van der Waals surface area (Å²) in [7, 11) is 1.66. The zero-order valence-corrected chi connectivity index (χ0v) is 14.9. The molecular weight excluding hydrogens is 338 g/mol.